The van der Waals surface area contributed by atoms with Crippen LogP contribution < -0.4 is 22.1 Å². The number of hydrogen-bond acceptors (Lipinski definition) is 8. The molecule has 4 N–H and O–H groups in total. The third-order valence-electron chi connectivity index (χ3n) is 5.07. The lowest BCUT2D eigenvalue weighted by atomic mass is 10.2. The van der Waals surface area contributed by atoms with Crippen LogP contribution in [-0.2, 0) is 30.7 Å². The molecular formula is C19H24N6O5S2. The standard InChI is InChI=1S/C19H24N6O5S2/c1-4-5-8-25-13-7-6-11(32(21,29)30)9-12(13)22-18(25)31-10-14(26)15-16(20)23(2)19(28)24(3)17(15)27/h6-7,9H,4-5,8,10,20H2,1-3H3,(H2,21,29,30). The summed E-state index contributed by atoms with van der Waals surface area (Å²) in [6, 6.07) is 4.43. The van der Waals surface area contributed by atoms with E-state index in [4.69, 9.17) is 10.9 Å². The first-order valence-electron chi connectivity index (χ1n) is 9.72. The molecule has 11 nitrogen and oxygen atoms in total. The van der Waals surface area contributed by atoms with Crippen molar-refractivity contribution in [1.82, 2.24) is 18.7 Å². The Bertz CT molecular complexity index is 1440. The van der Waals surface area contributed by atoms with Crippen molar-refractivity contribution in [2.24, 2.45) is 19.2 Å². The van der Waals surface area contributed by atoms with E-state index in [0.29, 0.717) is 22.7 Å². The second-order valence-electron chi connectivity index (χ2n) is 7.27. The minimum absolute atomic E-state index is 0.0563. The summed E-state index contributed by atoms with van der Waals surface area (Å²) in [5, 5.41) is 5.71. The number of hydrogen-bond donors (Lipinski definition) is 2. The fourth-order valence-electron chi connectivity index (χ4n) is 3.23. The van der Waals surface area contributed by atoms with Crippen LogP contribution in [0.4, 0.5) is 5.82 Å². The Labute approximate surface area is 188 Å². The molecule has 0 amide bonds. The topological polar surface area (TPSA) is 165 Å². The van der Waals surface area contributed by atoms with Crippen LogP contribution in [0, 0.1) is 0 Å². The van der Waals surface area contributed by atoms with Crippen molar-refractivity contribution in [1.29, 1.82) is 0 Å². The van der Waals surface area contributed by atoms with Crippen LogP contribution in [0.2, 0.25) is 0 Å². The maximum Gasteiger partial charge on any atom is 0.332 e. The minimum Gasteiger partial charge on any atom is -0.384 e. The summed E-state index contributed by atoms with van der Waals surface area (Å²) < 4.78 is 27.1. The molecule has 3 aromatic rings. The van der Waals surface area contributed by atoms with Crippen molar-refractivity contribution >= 4 is 44.4 Å². The first-order valence-corrected chi connectivity index (χ1v) is 12.2. The molecule has 2 aromatic heterocycles. The van der Waals surface area contributed by atoms with Gasteiger partial charge in [-0.1, -0.05) is 25.1 Å². The number of nitrogens with two attached hydrogens (primary N) is 2. The number of anilines is 1. The Kier molecular flexibility index (Phi) is 6.62. The van der Waals surface area contributed by atoms with Crippen LogP contribution in [0.1, 0.15) is 30.1 Å². The Morgan fingerprint density at radius 3 is 2.50 bits per heavy atom. The number of Topliss-reactive ketones (excluding diaryl/α,β-unsaturated/α-hetero) is 1. The van der Waals surface area contributed by atoms with Crippen LogP contribution >= 0.6 is 11.8 Å². The Hall–Kier alpha value is -2.90. The van der Waals surface area contributed by atoms with Crippen LogP contribution in [0.25, 0.3) is 11.0 Å². The zero-order valence-corrected chi connectivity index (χ0v) is 19.5. The average Bonchev–Trinajstić information content (AvgIpc) is 3.09. The van der Waals surface area contributed by atoms with Crippen molar-refractivity contribution in [2.75, 3.05) is 11.5 Å². The summed E-state index contributed by atoms with van der Waals surface area (Å²) >= 11 is 1.10. The molecule has 32 heavy (non-hydrogen) atoms. The maximum atomic E-state index is 12.8. The summed E-state index contributed by atoms with van der Waals surface area (Å²) in [6.07, 6.45) is 1.76. The molecule has 13 heteroatoms. The number of thioether (sulfide) groups is 1. The van der Waals surface area contributed by atoms with E-state index < -0.39 is 27.1 Å². The summed E-state index contributed by atoms with van der Waals surface area (Å²) in [5.41, 5.74) is 5.37. The monoisotopic (exact) mass is 480 g/mol. The number of rotatable bonds is 8. The number of aryl methyl sites for hydroxylation is 1. The van der Waals surface area contributed by atoms with Gasteiger partial charge in [0.15, 0.2) is 10.9 Å². The van der Waals surface area contributed by atoms with E-state index in [1.165, 1.54) is 26.2 Å². The Morgan fingerprint density at radius 1 is 1.19 bits per heavy atom. The molecule has 2 heterocycles. The van der Waals surface area contributed by atoms with Crippen LogP contribution in [0.5, 0.6) is 0 Å². The van der Waals surface area contributed by atoms with Crippen molar-refractivity contribution in [3.05, 3.63) is 44.6 Å². The van der Waals surface area contributed by atoms with Gasteiger partial charge in [0.1, 0.15) is 11.4 Å². The molecule has 0 fully saturated rings. The highest BCUT2D eigenvalue weighted by molar-refractivity contribution is 7.99. The second kappa shape index (κ2) is 8.92. The first kappa shape index (κ1) is 23.8. The van der Waals surface area contributed by atoms with Gasteiger partial charge in [-0.15, -0.1) is 0 Å². The number of primary sulfonamides is 1. The largest absolute Gasteiger partial charge is 0.384 e. The molecule has 0 spiro atoms. The number of imidazole rings is 1. The van der Waals surface area contributed by atoms with Crippen LogP contribution in [0.3, 0.4) is 0 Å². The number of aromatic nitrogens is 4. The van der Waals surface area contributed by atoms with Crippen molar-refractivity contribution in [3.8, 4) is 0 Å². The van der Waals surface area contributed by atoms with E-state index in [2.05, 4.69) is 4.98 Å². The van der Waals surface area contributed by atoms with E-state index in [1.807, 2.05) is 11.5 Å². The average molecular weight is 481 g/mol. The molecule has 0 saturated carbocycles. The van der Waals surface area contributed by atoms with Gasteiger partial charge < -0.3 is 10.3 Å². The number of nitrogen functional groups attached to an aromatic ring is 1. The van der Waals surface area contributed by atoms with Gasteiger partial charge in [-0.25, -0.2) is 23.3 Å². The quantitative estimate of drug-likeness (QED) is 0.346. The molecule has 0 radical (unpaired) electrons. The van der Waals surface area contributed by atoms with E-state index in [1.54, 1.807) is 6.07 Å². The van der Waals surface area contributed by atoms with Crippen molar-refractivity contribution < 1.29 is 13.2 Å². The highest BCUT2D eigenvalue weighted by Crippen LogP contribution is 2.27. The molecule has 0 unspecified atom stereocenters. The number of unbranched alkanes of at least 4 members (excludes halogenated alkanes) is 1. The lowest BCUT2D eigenvalue weighted by Crippen LogP contribution is -2.41. The predicted octanol–water partition coefficient (Wildman–Crippen LogP) is 0.438. The maximum absolute atomic E-state index is 12.8. The predicted molar refractivity (Wildman–Crippen MR) is 122 cm³/mol. The third-order valence-corrected chi connectivity index (χ3v) is 6.96. The zero-order chi connectivity index (χ0) is 23.8. The van der Waals surface area contributed by atoms with Gasteiger partial charge in [0, 0.05) is 20.6 Å². The Morgan fingerprint density at radius 2 is 1.88 bits per heavy atom. The highest BCUT2D eigenvalue weighted by Gasteiger charge is 2.22. The minimum atomic E-state index is -3.89. The van der Waals surface area contributed by atoms with Crippen molar-refractivity contribution in [3.63, 3.8) is 0 Å². The molecule has 0 atom stereocenters. The van der Waals surface area contributed by atoms with Gasteiger partial charge in [0.2, 0.25) is 10.0 Å². The SMILES string of the molecule is CCCCn1c(SCC(=O)c2c(N)n(C)c(=O)n(C)c2=O)nc2cc(S(N)(=O)=O)ccc21. The van der Waals surface area contributed by atoms with Gasteiger partial charge in [-0.05, 0) is 24.6 Å². The highest BCUT2D eigenvalue weighted by atomic mass is 32.2. The molecular weight excluding hydrogens is 456 g/mol. The number of carbonyl (C=O) groups excluding carboxylic acids is 1. The first-order chi connectivity index (χ1) is 15.0. The van der Waals surface area contributed by atoms with Gasteiger partial charge in [0.05, 0.1) is 21.7 Å². The number of carbonyl (C=O) groups is 1. The van der Waals surface area contributed by atoms with Crippen molar-refractivity contribution in [2.45, 2.75) is 36.4 Å². The molecule has 1 aromatic carbocycles. The number of benzene rings is 1. The van der Waals surface area contributed by atoms with Gasteiger partial charge in [-0.2, -0.15) is 0 Å². The lowest BCUT2D eigenvalue weighted by Gasteiger charge is -2.11. The third kappa shape index (κ3) is 4.36. The molecule has 0 saturated heterocycles. The smallest absolute Gasteiger partial charge is 0.332 e. The van der Waals surface area contributed by atoms with Gasteiger partial charge in [-0.3, -0.25) is 18.7 Å². The van der Waals surface area contributed by atoms with Crippen LogP contribution in [0.15, 0.2) is 37.8 Å². The summed E-state index contributed by atoms with van der Waals surface area (Å²) in [4.78, 5) is 41.7. The number of fused-ring (bicyclic) bond motifs is 1. The molecule has 0 aliphatic carbocycles. The summed E-state index contributed by atoms with van der Waals surface area (Å²) in [5.74, 6) is -0.876. The van der Waals surface area contributed by atoms with E-state index in [-0.39, 0.29) is 22.0 Å². The lowest BCUT2D eigenvalue weighted by molar-refractivity contribution is 0.102. The molecule has 0 aliphatic rings. The molecule has 0 aliphatic heterocycles. The fraction of sp³-hybridized carbons (Fsp3) is 0.368. The summed E-state index contributed by atoms with van der Waals surface area (Å²) in [7, 11) is -1.22. The molecule has 172 valence electrons. The number of nitrogens with zero attached hydrogens (tertiary/aromatic N) is 4. The zero-order valence-electron chi connectivity index (χ0n) is 17.9. The van der Waals surface area contributed by atoms with E-state index in [9.17, 15) is 22.8 Å². The molecule has 3 rings (SSSR count). The Balaban J connectivity index is 1.99. The molecule has 0 bridgehead atoms. The van der Waals surface area contributed by atoms with E-state index in [0.717, 1.165) is 33.7 Å². The number of ketones is 1. The van der Waals surface area contributed by atoms with Crippen LogP contribution in [-0.4, -0.2) is 38.6 Å². The second-order valence-corrected chi connectivity index (χ2v) is 9.78. The fourth-order valence-corrected chi connectivity index (χ4v) is 4.68. The van der Waals surface area contributed by atoms with Gasteiger partial charge >= 0.3 is 5.69 Å². The number of sulfonamides is 1. The van der Waals surface area contributed by atoms with E-state index >= 15 is 0 Å². The summed E-state index contributed by atoms with van der Waals surface area (Å²) in [6.45, 7) is 2.65. The van der Waals surface area contributed by atoms with Gasteiger partial charge in [0.25, 0.3) is 5.56 Å². The normalized spacial score (nSPS) is 11.9.